The number of hydrogen-bond donors (Lipinski definition) is 0. The van der Waals surface area contributed by atoms with Crippen molar-refractivity contribution in [2.45, 2.75) is 79.1 Å². The maximum atomic E-state index is 5.94. The molecule has 0 aromatic heterocycles. The van der Waals surface area contributed by atoms with E-state index in [1.165, 1.54) is 0 Å². The Kier molecular flexibility index (Phi) is 5.87. The molecule has 16 heavy (non-hydrogen) atoms. The van der Waals surface area contributed by atoms with Crippen molar-refractivity contribution in [2.75, 3.05) is 0 Å². The molecule has 0 bridgehead atoms. The van der Waals surface area contributed by atoms with Gasteiger partial charge in [0.15, 0.2) is 0 Å². The van der Waals surface area contributed by atoms with Crippen LogP contribution in [0.4, 0.5) is 0 Å². The molecule has 3 nitrogen and oxygen atoms in total. The van der Waals surface area contributed by atoms with Crippen molar-refractivity contribution < 1.29 is 31.5 Å². The van der Waals surface area contributed by atoms with Crippen LogP contribution in [-0.2, 0) is 31.5 Å². The van der Waals surface area contributed by atoms with Crippen molar-refractivity contribution in [3.05, 3.63) is 0 Å². The third kappa shape index (κ3) is 11.3. The van der Waals surface area contributed by atoms with Crippen LogP contribution in [-0.4, -0.2) is 16.8 Å². The van der Waals surface area contributed by atoms with E-state index in [2.05, 4.69) is 0 Å². The summed E-state index contributed by atoms with van der Waals surface area (Å²) >= 11 is -2.72. The molecule has 0 aromatic rings. The summed E-state index contributed by atoms with van der Waals surface area (Å²) in [5.74, 6) is 0. The average molecular weight is 311 g/mol. The van der Waals surface area contributed by atoms with Crippen molar-refractivity contribution in [3.8, 4) is 0 Å². The molecular formula is C12H27O3Zr. The predicted molar refractivity (Wildman–Crippen MR) is 62.5 cm³/mol. The Bertz CT molecular complexity index is 170. The van der Waals surface area contributed by atoms with Crippen LogP contribution in [0.15, 0.2) is 0 Å². The first-order valence-electron chi connectivity index (χ1n) is 5.72. The Morgan fingerprint density at radius 3 is 0.812 bits per heavy atom. The Morgan fingerprint density at radius 2 is 0.688 bits per heavy atom. The number of hydrogen-bond acceptors (Lipinski definition) is 3. The van der Waals surface area contributed by atoms with Crippen LogP contribution in [0.2, 0.25) is 0 Å². The molecule has 0 aromatic carbocycles. The van der Waals surface area contributed by atoms with Crippen molar-refractivity contribution in [1.82, 2.24) is 0 Å². The van der Waals surface area contributed by atoms with Gasteiger partial charge < -0.3 is 0 Å². The van der Waals surface area contributed by atoms with Gasteiger partial charge in [-0.25, -0.2) is 0 Å². The quantitative estimate of drug-likeness (QED) is 0.793. The molecule has 0 N–H and O–H groups in total. The zero-order chi connectivity index (χ0) is 13.2. The van der Waals surface area contributed by atoms with Crippen LogP contribution in [0.25, 0.3) is 0 Å². The van der Waals surface area contributed by atoms with E-state index in [4.69, 9.17) is 8.44 Å². The monoisotopic (exact) mass is 309 g/mol. The Hall–Kier alpha value is 0.763. The van der Waals surface area contributed by atoms with E-state index in [9.17, 15) is 0 Å². The number of rotatable bonds is 3. The fraction of sp³-hybridized carbons (Fsp3) is 1.00. The first-order chi connectivity index (χ1) is 6.79. The van der Waals surface area contributed by atoms with Crippen LogP contribution in [0.5, 0.6) is 0 Å². The predicted octanol–water partition coefficient (Wildman–Crippen LogP) is 3.79. The van der Waals surface area contributed by atoms with Crippen LogP contribution >= 0.6 is 0 Å². The van der Waals surface area contributed by atoms with Crippen molar-refractivity contribution >= 4 is 0 Å². The van der Waals surface area contributed by atoms with Gasteiger partial charge in [0.05, 0.1) is 0 Å². The zero-order valence-corrected chi connectivity index (χ0v) is 14.7. The fourth-order valence-corrected chi connectivity index (χ4v) is 4.81. The molecule has 0 aliphatic rings. The molecule has 97 valence electrons. The molecule has 0 spiro atoms. The second-order valence-corrected chi connectivity index (χ2v) is 9.63. The zero-order valence-electron chi connectivity index (χ0n) is 12.2. The van der Waals surface area contributed by atoms with Crippen molar-refractivity contribution in [2.24, 2.45) is 0 Å². The summed E-state index contributed by atoms with van der Waals surface area (Å²) in [6, 6.07) is 0. The second kappa shape index (κ2) is 5.60. The summed E-state index contributed by atoms with van der Waals surface area (Å²) in [6.07, 6.45) is 0. The fourth-order valence-electron chi connectivity index (χ4n) is 0.812. The minimum atomic E-state index is -2.72. The third-order valence-electron chi connectivity index (χ3n) is 1.17. The summed E-state index contributed by atoms with van der Waals surface area (Å²) in [6.45, 7) is 18.3. The van der Waals surface area contributed by atoms with Crippen LogP contribution in [0.3, 0.4) is 0 Å². The molecule has 0 saturated carbocycles. The molecule has 0 amide bonds. The van der Waals surface area contributed by atoms with E-state index in [0.717, 1.165) is 0 Å². The van der Waals surface area contributed by atoms with E-state index >= 15 is 0 Å². The molecule has 0 saturated heterocycles. The summed E-state index contributed by atoms with van der Waals surface area (Å²) in [5.41, 5.74) is -0.609. The molecule has 0 fully saturated rings. The van der Waals surface area contributed by atoms with E-state index in [-0.39, 0.29) is 16.8 Å². The first-order valence-corrected chi connectivity index (χ1v) is 8.74. The van der Waals surface area contributed by atoms with E-state index in [1.54, 1.807) is 0 Å². The van der Waals surface area contributed by atoms with Gasteiger partial charge in [-0.1, -0.05) is 0 Å². The van der Waals surface area contributed by atoms with Gasteiger partial charge in [-0.05, 0) is 0 Å². The standard InChI is InChI=1S/3C4H9O.Zr/c3*1-4(2,3)5;/h3*1-3H3;/q3*-1;+3. The van der Waals surface area contributed by atoms with Gasteiger partial charge >= 0.3 is 111 Å². The van der Waals surface area contributed by atoms with E-state index in [0.29, 0.717) is 0 Å². The maximum absolute atomic E-state index is 5.94. The van der Waals surface area contributed by atoms with Crippen molar-refractivity contribution in [3.63, 3.8) is 0 Å². The second-order valence-electron chi connectivity index (χ2n) is 6.89. The average Bonchev–Trinajstić information content (AvgIpc) is 1.70. The van der Waals surface area contributed by atoms with Gasteiger partial charge in [0, 0.05) is 0 Å². The molecular weight excluding hydrogens is 283 g/mol. The van der Waals surface area contributed by atoms with Gasteiger partial charge in [0.2, 0.25) is 0 Å². The van der Waals surface area contributed by atoms with Crippen LogP contribution < -0.4 is 0 Å². The molecule has 0 radical (unpaired) electrons. The molecule has 4 heteroatoms. The van der Waals surface area contributed by atoms with Gasteiger partial charge in [-0.15, -0.1) is 0 Å². The summed E-state index contributed by atoms with van der Waals surface area (Å²) in [4.78, 5) is 0. The Morgan fingerprint density at radius 1 is 0.500 bits per heavy atom. The molecule has 0 heterocycles. The normalized spacial score (nSPS) is 14.1. The van der Waals surface area contributed by atoms with E-state index in [1.807, 2.05) is 62.3 Å². The summed E-state index contributed by atoms with van der Waals surface area (Å²) in [7, 11) is 0. The van der Waals surface area contributed by atoms with Gasteiger partial charge in [-0.3, -0.25) is 0 Å². The topological polar surface area (TPSA) is 27.7 Å². The Balaban J connectivity index is 4.53. The molecule has 0 rings (SSSR count). The summed E-state index contributed by atoms with van der Waals surface area (Å²) < 4.78 is 17.8. The molecule has 0 aliphatic heterocycles. The SMILES string of the molecule is CC(C)(C)[O][Zr]([O]C(C)(C)C)[O]C(C)(C)C. The van der Waals surface area contributed by atoms with Gasteiger partial charge in [0.1, 0.15) is 0 Å². The van der Waals surface area contributed by atoms with E-state index < -0.39 is 23.1 Å². The van der Waals surface area contributed by atoms with Crippen molar-refractivity contribution in [1.29, 1.82) is 0 Å². The third-order valence-corrected chi connectivity index (χ3v) is 6.91. The van der Waals surface area contributed by atoms with Crippen LogP contribution in [0.1, 0.15) is 62.3 Å². The van der Waals surface area contributed by atoms with Gasteiger partial charge in [0.25, 0.3) is 0 Å². The summed E-state index contributed by atoms with van der Waals surface area (Å²) in [5, 5.41) is 0. The first kappa shape index (κ1) is 16.8. The molecule has 0 unspecified atom stereocenters. The van der Waals surface area contributed by atoms with Crippen LogP contribution in [0, 0.1) is 0 Å². The molecule has 0 aliphatic carbocycles. The van der Waals surface area contributed by atoms with Gasteiger partial charge in [-0.2, -0.15) is 0 Å². The Labute approximate surface area is 110 Å². The minimum absolute atomic E-state index is 0.203. The molecule has 0 atom stereocenters.